The molecule has 0 bridgehead atoms. The van der Waals surface area contributed by atoms with Crippen LogP contribution in [0.3, 0.4) is 0 Å². The molecule has 3 heterocycles. The minimum absolute atomic E-state index is 0.0108. The molecule has 0 saturated carbocycles. The lowest BCUT2D eigenvalue weighted by atomic mass is 9.93. The van der Waals surface area contributed by atoms with Crippen LogP contribution in [0.5, 0.6) is 0 Å². The Kier molecular flexibility index (Phi) is 6.32. The summed E-state index contributed by atoms with van der Waals surface area (Å²) in [4.78, 5) is 6.87. The van der Waals surface area contributed by atoms with Crippen molar-refractivity contribution in [1.82, 2.24) is 19.8 Å². The topological polar surface area (TPSA) is 42.3 Å². The number of benzene rings is 1. The Morgan fingerprint density at radius 3 is 2.61 bits per heavy atom. The molecule has 1 fully saturated rings. The fourth-order valence-electron chi connectivity index (χ4n) is 4.59. The molecule has 162 valence electrons. The van der Waals surface area contributed by atoms with Crippen LogP contribution in [0.4, 0.5) is 0 Å². The molecule has 3 aromatic rings. The molecule has 0 aliphatic carbocycles. The van der Waals surface area contributed by atoms with Crippen LogP contribution in [-0.2, 0) is 4.74 Å². The summed E-state index contributed by atoms with van der Waals surface area (Å²) in [6.07, 6.45) is 1.83. The molecule has 0 amide bonds. The van der Waals surface area contributed by atoms with Crippen LogP contribution in [0.2, 0.25) is 5.02 Å². The zero-order chi connectivity index (χ0) is 22.1. The smallest absolute Gasteiger partial charge is 0.170 e. The Balaban J connectivity index is 1.88. The van der Waals surface area contributed by atoms with Gasteiger partial charge in [-0.3, -0.25) is 4.98 Å². The summed E-state index contributed by atoms with van der Waals surface area (Å²) >= 11 is 12.1. The first-order valence-corrected chi connectivity index (χ1v) is 11.1. The Bertz CT molecular complexity index is 1100. The number of nitrogens with one attached hydrogen (secondary N) is 1. The van der Waals surface area contributed by atoms with Gasteiger partial charge in [0.2, 0.25) is 0 Å². The van der Waals surface area contributed by atoms with Gasteiger partial charge in [0.05, 0.1) is 24.4 Å². The van der Waals surface area contributed by atoms with Crippen molar-refractivity contribution in [3.63, 3.8) is 0 Å². The summed E-state index contributed by atoms with van der Waals surface area (Å²) < 4.78 is 7.66. The van der Waals surface area contributed by atoms with Crippen molar-refractivity contribution in [2.24, 2.45) is 0 Å². The lowest BCUT2D eigenvalue weighted by Gasteiger charge is -2.28. The molecule has 1 saturated heterocycles. The van der Waals surface area contributed by atoms with Gasteiger partial charge in [0, 0.05) is 47.5 Å². The molecule has 0 unspecified atom stereocenters. The quantitative estimate of drug-likeness (QED) is 0.526. The van der Waals surface area contributed by atoms with Crippen LogP contribution in [-0.4, -0.2) is 39.8 Å². The first-order chi connectivity index (χ1) is 14.9. The van der Waals surface area contributed by atoms with Crippen molar-refractivity contribution >= 4 is 28.9 Å². The maximum atomic E-state index is 6.31. The van der Waals surface area contributed by atoms with E-state index < -0.39 is 0 Å². The number of rotatable bonds is 6. The van der Waals surface area contributed by atoms with E-state index in [4.69, 9.17) is 28.6 Å². The normalized spacial score (nSPS) is 18.5. The van der Waals surface area contributed by atoms with Crippen molar-refractivity contribution in [3.8, 4) is 5.69 Å². The van der Waals surface area contributed by atoms with Gasteiger partial charge >= 0.3 is 0 Å². The minimum atomic E-state index is -0.0439. The third-order valence-electron chi connectivity index (χ3n) is 6.10. The van der Waals surface area contributed by atoms with Gasteiger partial charge in [-0.1, -0.05) is 23.7 Å². The summed E-state index contributed by atoms with van der Waals surface area (Å²) in [6.45, 7) is 7.81. The van der Waals surface area contributed by atoms with Gasteiger partial charge in [0.25, 0.3) is 0 Å². The number of methoxy groups -OCH3 is 1. The van der Waals surface area contributed by atoms with Gasteiger partial charge in [-0.25, -0.2) is 0 Å². The summed E-state index contributed by atoms with van der Waals surface area (Å²) in [5.74, 6) is 0. The zero-order valence-corrected chi connectivity index (χ0v) is 19.8. The monoisotopic (exact) mass is 454 g/mol. The summed E-state index contributed by atoms with van der Waals surface area (Å²) in [7, 11) is 1.72. The van der Waals surface area contributed by atoms with Crippen molar-refractivity contribution in [2.45, 2.75) is 32.9 Å². The maximum absolute atomic E-state index is 6.31. The highest BCUT2D eigenvalue weighted by atomic mass is 35.5. The first-order valence-electron chi connectivity index (χ1n) is 10.4. The number of hydrogen-bond donors (Lipinski definition) is 1. The molecule has 31 heavy (non-hydrogen) atoms. The number of aromatic nitrogens is 2. The number of ether oxygens (including phenoxy) is 1. The predicted octanol–water partition coefficient (Wildman–Crippen LogP) is 5.07. The second-order valence-electron chi connectivity index (χ2n) is 7.84. The molecule has 0 radical (unpaired) electrons. The van der Waals surface area contributed by atoms with Crippen molar-refractivity contribution < 1.29 is 4.74 Å². The number of hydrogen-bond acceptors (Lipinski definition) is 3. The van der Waals surface area contributed by atoms with Crippen LogP contribution in [0.25, 0.3) is 5.69 Å². The number of halogens is 1. The SMILES string of the molecule is COCCN1C(=S)N[C@H](c2ccccn2)[C@@H]1c1c(C)c(C)n(-c2cccc(Cl)c2)c1C. The molecule has 4 rings (SSSR count). The van der Waals surface area contributed by atoms with E-state index in [1.54, 1.807) is 7.11 Å². The van der Waals surface area contributed by atoms with E-state index >= 15 is 0 Å². The molecule has 2 atom stereocenters. The van der Waals surface area contributed by atoms with Crippen LogP contribution < -0.4 is 5.32 Å². The maximum Gasteiger partial charge on any atom is 0.170 e. The van der Waals surface area contributed by atoms with Crippen LogP contribution >= 0.6 is 23.8 Å². The van der Waals surface area contributed by atoms with Crippen LogP contribution in [0.1, 0.15) is 40.3 Å². The van der Waals surface area contributed by atoms with E-state index in [0.717, 1.165) is 21.5 Å². The average Bonchev–Trinajstić information content (AvgIpc) is 3.19. The molecule has 1 aliphatic rings. The first kappa shape index (κ1) is 21.8. The third kappa shape index (κ3) is 3.95. The molecule has 1 aliphatic heterocycles. The Morgan fingerprint density at radius 1 is 1.13 bits per heavy atom. The van der Waals surface area contributed by atoms with E-state index in [1.165, 1.54) is 22.5 Å². The highest BCUT2D eigenvalue weighted by Gasteiger charge is 2.42. The highest BCUT2D eigenvalue weighted by Crippen LogP contribution is 2.43. The molecule has 0 spiro atoms. The Hall–Kier alpha value is -2.41. The van der Waals surface area contributed by atoms with E-state index in [1.807, 2.05) is 36.5 Å². The van der Waals surface area contributed by atoms with Crippen LogP contribution in [0.15, 0.2) is 48.7 Å². The van der Waals surface area contributed by atoms with E-state index in [9.17, 15) is 0 Å². The fourth-order valence-corrected chi connectivity index (χ4v) is 5.11. The molecule has 1 N–H and O–H groups in total. The molecular weight excluding hydrogens is 428 g/mol. The second kappa shape index (κ2) is 8.99. The summed E-state index contributed by atoms with van der Waals surface area (Å²) in [5.41, 5.74) is 6.91. The number of thiocarbonyl (C=S) groups is 1. The van der Waals surface area contributed by atoms with Crippen molar-refractivity contribution in [3.05, 3.63) is 81.9 Å². The second-order valence-corrected chi connectivity index (χ2v) is 8.66. The number of nitrogens with zero attached hydrogens (tertiary/aromatic N) is 3. The lowest BCUT2D eigenvalue weighted by Crippen LogP contribution is -2.33. The largest absolute Gasteiger partial charge is 0.383 e. The minimum Gasteiger partial charge on any atom is -0.383 e. The molecule has 2 aromatic heterocycles. The molecular formula is C24H27ClN4OS. The van der Waals surface area contributed by atoms with Crippen molar-refractivity contribution in [1.29, 1.82) is 0 Å². The van der Waals surface area contributed by atoms with E-state index in [0.29, 0.717) is 13.2 Å². The summed E-state index contributed by atoms with van der Waals surface area (Å²) in [5, 5.41) is 4.97. The van der Waals surface area contributed by atoms with Gasteiger partial charge in [0.15, 0.2) is 5.11 Å². The van der Waals surface area contributed by atoms with Gasteiger partial charge in [-0.15, -0.1) is 0 Å². The van der Waals surface area contributed by atoms with Crippen molar-refractivity contribution in [2.75, 3.05) is 20.3 Å². The summed E-state index contributed by atoms with van der Waals surface area (Å²) in [6, 6.07) is 13.9. The van der Waals surface area contributed by atoms with Gasteiger partial charge in [-0.05, 0) is 68.9 Å². The number of pyridine rings is 1. The third-order valence-corrected chi connectivity index (χ3v) is 6.69. The molecule has 5 nitrogen and oxygen atoms in total. The standard InChI is InChI=1S/C24H27ClN4OS/c1-15-16(2)29(19-9-7-8-18(25)14-19)17(3)21(15)23-22(20-10-5-6-11-26-20)27-24(31)28(23)12-13-30-4/h5-11,14,22-23H,12-13H2,1-4H3,(H,27,31)/t22-,23+/m1/s1. The van der Waals surface area contributed by atoms with E-state index in [-0.39, 0.29) is 12.1 Å². The predicted molar refractivity (Wildman–Crippen MR) is 129 cm³/mol. The lowest BCUT2D eigenvalue weighted by molar-refractivity contribution is 0.164. The van der Waals surface area contributed by atoms with Gasteiger partial charge < -0.3 is 19.5 Å². The van der Waals surface area contributed by atoms with Gasteiger partial charge in [-0.2, -0.15) is 0 Å². The Morgan fingerprint density at radius 2 is 1.94 bits per heavy atom. The Labute approximate surface area is 194 Å². The fraction of sp³-hybridized carbons (Fsp3) is 0.333. The van der Waals surface area contributed by atoms with Gasteiger partial charge in [0.1, 0.15) is 0 Å². The molecule has 7 heteroatoms. The van der Waals surface area contributed by atoms with Crippen LogP contribution in [0, 0.1) is 20.8 Å². The van der Waals surface area contributed by atoms with E-state index in [2.05, 4.69) is 52.7 Å². The average molecular weight is 455 g/mol. The molecule has 1 aromatic carbocycles. The highest BCUT2D eigenvalue weighted by molar-refractivity contribution is 7.80. The zero-order valence-electron chi connectivity index (χ0n) is 18.2.